The van der Waals surface area contributed by atoms with Crippen molar-refractivity contribution in [2.24, 2.45) is 0 Å². The summed E-state index contributed by atoms with van der Waals surface area (Å²) in [5.74, 6) is 2.72. The highest BCUT2D eigenvalue weighted by atomic mass is 32.2. The topological polar surface area (TPSA) is 20.2 Å². The van der Waals surface area contributed by atoms with Crippen molar-refractivity contribution in [3.05, 3.63) is 64.2 Å². The first-order chi connectivity index (χ1) is 12.5. The minimum atomic E-state index is -0.0553. The maximum atomic E-state index is 10.8. The predicted octanol–water partition coefficient (Wildman–Crippen LogP) is 7.16. The van der Waals surface area contributed by atoms with Crippen LogP contribution in [0.15, 0.2) is 36.4 Å². The monoisotopic (exact) mass is 384 g/mol. The lowest BCUT2D eigenvalue weighted by molar-refractivity contribution is 0.422. The number of rotatable bonds is 6. The number of phenols is 1. The molecule has 2 aromatic rings. The first-order valence-electron chi connectivity index (χ1n) is 9.98. The van der Waals surface area contributed by atoms with Crippen molar-refractivity contribution in [2.75, 3.05) is 5.75 Å². The van der Waals surface area contributed by atoms with E-state index in [0.717, 1.165) is 35.5 Å². The largest absolute Gasteiger partial charge is 0.507 e. The molecule has 0 amide bonds. The molecule has 0 saturated carbocycles. The van der Waals surface area contributed by atoms with Crippen molar-refractivity contribution < 1.29 is 5.11 Å². The molecular weight excluding hydrogens is 348 g/mol. The molecule has 0 fully saturated rings. The van der Waals surface area contributed by atoms with E-state index < -0.39 is 0 Å². The molecule has 1 N–H and O–H groups in total. The van der Waals surface area contributed by atoms with Crippen LogP contribution < -0.4 is 0 Å². The molecule has 2 heteroatoms. The minimum Gasteiger partial charge on any atom is -0.507 e. The summed E-state index contributed by atoms with van der Waals surface area (Å²) in [6.07, 6.45) is 2.22. The molecule has 0 heterocycles. The Morgan fingerprint density at radius 2 is 1.33 bits per heavy atom. The van der Waals surface area contributed by atoms with Gasteiger partial charge in [-0.05, 0) is 58.6 Å². The quantitative estimate of drug-likeness (QED) is 0.533. The van der Waals surface area contributed by atoms with Gasteiger partial charge in [0.15, 0.2) is 0 Å². The highest BCUT2D eigenvalue weighted by Gasteiger charge is 2.26. The first kappa shape index (κ1) is 21.9. The van der Waals surface area contributed by atoms with Gasteiger partial charge >= 0.3 is 0 Å². The van der Waals surface area contributed by atoms with Crippen LogP contribution >= 0.6 is 11.8 Å². The van der Waals surface area contributed by atoms with E-state index in [9.17, 15) is 5.11 Å². The normalized spacial score (nSPS) is 12.4. The lowest BCUT2D eigenvalue weighted by atomic mass is 9.78. The van der Waals surface area contributed by atoms with E-state index in [-0.39, 0.29) is 10.8 Å². The fraction of sp³-hybridized carbons (Fsp3) is 0.520. The highest BCUT2D eigenvalue weighted by Crippen LogP contribution is 2.40. The van der Waals surface area contributed by atoms with Gasteiger partial charge in [-0.3, -0.25) is 0 Å². The Morgan fingerprint density at radius 3 is 1.81 bits per heavy atom. The molecule has 0 aliphatic rings. The third-order valence-corrected chi connectivity index (χ3v) is 6.04. The Kier molecular flexibility index (Phi) is 7.08. The molecular formula is C25H36OS. The second-order valence-corrected chi connectivity index (χ2v) is 10.8. The molecule has 0 radical (unpaired) electrons. The molecule has 1 nitrogen and oxygen atoms in total. The van der Waals surface area contributed by atoms with Crippen LogP contribution in [0.2, 0.25) is 0 Å². The van der Waals surface area contributed by atoms with Crippen molar-refractivity contribution in [1.29, 1.82) is 0 Å². The Hall–Kier alpha value is -1.41. The fourth-order valence-corrected chi connectivity index (χ4v) is 4.16. The van der Waals surface area contributed by atoms with Gasteiger partial charge in [0.25, 0.3) is 0 Å². The van der Waals surface area contributed by atoms with Crippen LogP contribution in [0.25, 0.3) is 0 Å². The Balaban J connectivity index is 2.02. The first-order valence-corrected chi connectivity index (χ1v) is 11.1. The lowest BCUT2D eigenvalue weighted by Crippen LogP contribution is -2.18. The number of thioether (sulfide) groups is 1. The number of hydrogen-bond donors (Lipinski definition) is 1. The molecule has 0 aliphatic heterocycles. The van der Waals surface area contributed by atoms with Crippen molar-refractivity contribution >= 4 is 11.8 Å². The van der Waals surface area contributed by atoms with Gasteiger partial charge in [0.2, 0.25) is 0 Å². The smallest absolute Gasteiger partial charge is 0.123 e. The molecule has 148 valence electrons. The van der Waals surface area contributed by atoms with Crippen LogP contribution in [-0.4, -0.2) is 10.9 Å². The molecule has 0 aliphatic carbocycles. The van der Waals surface area contributed by atoms with Crippen LogP contribution in [-0.2, 0) is 23.0 Å². The number of aryl methyl sites for hydroxylation is 2. The van der Waals surface area contributed by atoms with Gasteiger partial charge in [-0.15, -0.1) is 0 Å². The number of phenolic OH excluding ortho intramolecular Hbond substituents is 1. The van der Waals surface area contributed by atoms with Gasteiger partial charge in [-0.2, -0.15) is 11.8 Å². The van der Waals surface area contributed by atoms with E-state index in [1.165, 1.54) is 16.7 Å². The molecule has 0 spiro atoms. The highest BCUT2D eigenvalue weighted by molar-refractivity contribution is 7.98. The molecule has 2 aromatic carbocycles. The second-order valence-electron chi connectivity index (χ2n) is 9.68. The zero-order valence-electron chi connectivity index (χ0n) is 18.1. The average molecular weight is 385 g/mol. The van der Waals surface area contributed by atoms with Gasteiger partial charge in [0.05, 0.1) is 0 Å². The predicted molar refractivity (Wildman–Crippen MR) is 121 cm³/mol. The maximum Gasteiger partial charge on any atom is 0.123 e. The van der Waals surface area contributed by atoms with E-state index in [1.54, 1.807) is 0 Å². The molecule has 0 aromatic heterocycles. The molecule has 2 rings (SSSR count). The molecule has 27 heavy (non-hydrogen) atoms. The van der Waals surface area contributed by atoms with Crippen LogP contribution in [0.5, 0.6) is 5.75 Å². The van der Waals surface area contributed by atoms with E-state index in [4.69, 9.17) is 0 Å². The summed E-state index contributed by atoms with van der Waals surface area (Å²) in [5.41, 5.74) is 6.09. The van der Waals surface area contributed by atoms with Gasteiger partial charge in [0, 0.05) is 5.75 Å². The van der Waals surface area contributed by atoms with Gasteiger partial charge in [0.1, 0.15) is 5.75 Å². The standard InChI is InChI=1S/C25H36OS/c1-18-10-12-19(13-11-18)17-27-14-8-9-20-15-21(24(2,3)4)23(26)22(16-20)25(5,6)7/h10-13,15-16,26H,8-9,14,17H2,1-7H3. The van der Waals surface area contributed by atoms with Crippen molar-refractivity contribution in [2.45, 2.75) is 77.9 Å². The average Bonchev–Trinajstić information content (AvgIpc) is 2.55. The van der Waals surface area contributed by atoms with E-state index >= 15 is 0 Å². The van der Waals surface area contributed by atoms with Gasteiger partial charge in [-0.1, -0.05) is 83.5 Å². The van der Waals surface area contributed by atoms with Crippen LogP contribution in [0, 0.1) is 6.92 Å². The van der Waals surface area contributed by atoms with E-state index in [1.807, 2.05) is 11.8 Å². The number of benzene rings is 2. The fourth-order valence-electron chi connectivity index (χ4n) is 3.23. The zero-order valence-corrected chi connectivity index (χ0v) is 19.0. The third kappa shape index (κ3) is 6.31. The van der Waals surface area contributed by atoms with Crippen LogP contribution in [0.1, 0.15) is 75.8 Å². The summed E-state index contributed by atoms with van der Waals surface area (Å²) in [7, 11) is 0. The molecule has 0 atom stereocenters. The van der Waals surface area contributed by atoms with Crippen LogP contribution in [0.4, 0.5) is 0 Å². The second kappa shape index (κ2) is 8.73. The van der Waals surface area contributed by atoms with E-state index in [2.05, 4.69) is 84.9 Å². The summed E-state index contributed by atoms with van der Waals surface area (Å²) in [6, 6.07) is 13.3. The Morgan fingerprint density at radius 1 is 0.815 bits per heavy atom. The maximum absolute atomic E-state index is 10.8. The van der Waals surface area contributed by atoms with Gasteiger partial charge < -0.3 is 5.11 Å². The van der Waals surface area contributed by atoms with Crippen molar-refractivity contribution in [3.63, 3.8) is 0 Å². The lowest BCUT2D eigenvalue weighted by Gasteiger charge is -2.28. The SMILES string of the molecule is Cc1ccc(CSCCCc2cc(C(C)(C)C)c(O)c(C(C)(C)C)c2)cc1. The Bertz CT molecular complexity index is 710. The van der Waals surface area contributed by atoms with Gasteiger partial charge in [-0.25, -0.2) is 0 Å². The minimum absolute atomic E-state index is 0.0553. The van der Waals surface area contributed by atoms with Crippen molar-refractivity contribution in [1.82, 2.24) is 0 Å². The zero-order chi connectivity index (χ0) is 20.2. The molecule has 0 saturated heterocycles. The summed E-state index contributed by atoms with van der Waals surface area (Å²) in [5, 5.41) is 10.8. The summed E-state index contributed by atoms with van der Waals surface area (Å²) in [4.78, 5) is 0. The number of aromatic hydroxyl groups is 1. The molecule has 0 bridgehead atoms. The van der Waals surface area contributed by atoms with Crippen LogP contribution in [0.3, 0.4) is 0 Å². The third-order valence-electron chi connectivity index (χ3n) is 4.93. The summed E-state index contributed by atoms with van der Waals surface area (Å²) >= 11 is 2.00. The Labute approximate surface area is 170 Å². The molecule has 0 unspecified atom stereocenters. The summed E-state index contributed by atoms with van der Waals surface area (Å²) in [6.45, 7) is 15.2. The number of hydrogen-bond acceptors (Lipinski definition) is 2. The van der Waals surface area contributed by atoms with E-state index in [0.29, 0.717) is 5.75 Å². The van der Waals surface area contributed by atoms with Crippen molar-refractivity contribution in [3.8, 4) is 5.75 Å². The summed E-state index contributed by atoms with van der Waals surface area (Å²) < 4.78 is 0.